The zero-order valence-corrected chi connectivity index (χ0v) is 14.1. The van der Waals surface area contributed by atoms with E-state index in [4.69, 9.17) is 4.98 Å². The fourth-order valence-electron chi connectivity index (χ4n) is 2.98. The molecule has 1 saturated heterocycles. The summed E-state index contributed by atoms with van der Waals surface area (Å²) in [6, 6.07) is 10.6. The Morgan fingerprint density at radius 1 is 1.24 bits per heavy atom. The second kappa shape index (κ2) is 6.75. The number of para-hydroxylation sites is 1. The average Bonchev–Trinajstić information content (AvgIpc) is 3.04. The number of likely N-dealkylation sites (N-methyl/N-ethyl adjacent to an activating group) is 1. The van der Waals surface area contributed by atoms with Crippen LogP contribution in [-0.2, 0) is 5.33 Å². The maximum Gasteiger partial charge on any atom is 0.133 e. The molecule has 2 heterocycles. The Balaban J connectivity index is 1.80. The van der Waals surface area contributed by atoms with Gasteiger partial charge in [-0.1, -0.05) is 34.1 Å². The van der Waals surface area contributed by atoms with Crippen LogP contribution < -0.4 is 4.90 Å². The van der Waals surface area contributed by atoms with Crippen molar-refractivity contribution < 1.29 is 0 Å². The summed E-state index contributed by atoms with van der Waals surface area (Å²) in [5, 5.41) is 2.05. The smallest absolute Gasteiger partial charge is 0.133 e. The van der Waals surface area contributed by atoms with Crippen LogP contribution in [0.1, 0.15) is 18.4 Å². The van der Waals surface area contributed by atoms with Crippen LogP contribution in [-0.4, -0.2) is 43.1 Å². The summed E-state index contributed by atoms with van der Waals surface area (Å²) in [5.74, 6) is 1.10. The molecule has 1 fully saturated rings. The van der Waals surface area contributed by atoms with E-state index in [2.05, 4.69) is 63.1 Å². The zero-order chi connectivity index (χ0) is 14.7. The van der Waals surface area contributed by atoms with Crippen molar-refractivity contribution in [2.45, 2.75) is 18.2 Å². The van der Waals surface area contributed by atoms with Gasteiger partial charge in [0.2, 0.25) is 0 Å². The van der Waals surface area contributed by atoms with Crippen molar-refractivity contribution >= 4 is 32.7 Å². The molecular weight excluding hydrogens is 326 g/mol. The van der Waals surface area contributed by atoms with Crippen molar-refractivity contribution in [3.63, 3.8) is 0 Å². The number of benzene rings is 1. The van der Waals surface area contributed by atoms with E-state index < -0.39 is 0 Å². The minimum Gasteiger partial charge on any atom is -0.358 e. The topological polar surface area (TPSA) is 19.4 Å². The number of hydrogen-bond acceptors (Lipinski definition) is 3. The molecule has 0 aliphatic carbocycles. The highest BCUT2D eigenvalue weighted by molar-refractivity contribution is 9.08. The van der Waals surface area contributed by atoms with E-state index in [1.165, 1.54) is 36.9 Å². The standard InChI is InChI=1S/C17H22BrN3/c1-20(10-11-21-8-4-5-9-21)17-15(13-18)12-14-6-2-3-7-16(14)19-17/h2-3,6-7,12H,4-5,8-11,13H2,1H3. The number of rotatable bonds is 5. The number of alkyl halides is 1. The number of halogens is 1. The largest absolute Gasteiger partial charge is 0.358 e. The molecule has 1 aliphatic rings. The summed E-state index contributed by atoms with van der Waals surface area (Å²) in [6.45, 7) is 4.67. The lowest BCUT2D eigenvalue weighted by Crippen LogP contribution is -2.32. The lowest BCUT2D eigenvalue weighted by atomic mass is 10.1. The molecular formula is C17H22BrN3. The monoisotopic (exact) mass is 347 g/mol. The van der Waals surface area contributed by atoms with E-state index >= 15 is 0 Å². The van der Waals surface area contributed by atoms with Crippen LogP contribution in [0.15, 0.2) is 30.3 Å². The molecule has 0 unspecified atom stereocenters. The van der Waals surface area contributed by atoms with Gasteiger partial charge in [0.25, 0.3) is 0 Å². The van der Waals surface area contributed by atoms with E-state index in [1.807, 2.05) is 0 Å². The van der Waals surface area contributed by atoms with E-state index in [0.29, 0.717) is 0 Å². The third-order valence-corrected chi connectivity index (χ3v) is 4.84. The summed E-state index contributed by atoms with van der Waals surface area (Å²) in [6.07, 6.45) is 2.70. The van der Waals surface area contributed by atoms with Gasteiger partial charge in [-0.15, -0.1) is 0 Å². The van der Waals surface area contributed by atoms with Crippen LogP contribution >= 0.6 is 15.9 Å². The van der Waals surface area contributed by atoms with Gasteiger partial charge in [-0.25, -0.2) is 4.98 Å². The first kappa shape index (κ1) is 14.8. The molecule has 2 aromatic rings. The Morgan fingerprint density at radius 3 is 2.76 bits per heavy atom. The summed E-state index contributed by atoms with van der Waals surface area (Å²) >= 11 is 3.60. The van der Waals surface area contributed by atoms with Crippen molar-refractivity contribution in [1.82, 2.24) is 9.88 Å². The lowest BCUT2D eigenvalue weighted by Gasteiger charge is -2.24. The number of aromatic nitrogens is 1. The van der Waals surface area contributed by atoms with Crippen LogP contribution in [0.2, 0.25) is 0 Å². The van der Waals surface area contributed by atoms with E-state index in [9.17, 15) is 0 Å². The van der Waals surface area contributed by atoms with E-state index in [0.717, 1.165) is 29.8 Å². The molecule has 1 aliphatic heterocycles. The molecule has 0 N–H and O–H groups in total. The van der Waals surface area contributed by atoms with Crippen molar-refractivity contribution in [3.05, 3.63) is 35.9 Å². The Hall–Kier alpha value is -1.13. The van der Waals surface area contributed by atoms with Crippen LogP contribution in [0.25, 0.3) is 10.9 Å². The number of hydrogen-bond donors (Lipinski definition) is 0. The van der Waals surface area contributed by atoms with Gasteiger partial charge in [0.1, 0.15) is 5.82 Å². The highest BCUT2D eigenvalue weighted by Crippen LogP contribution is 2.25. The van der Waals surface area contributed by atoms with Crippen LogP contribution in [0.5, 0.6) is 0 Å². The van der Waals surface area contributed by atoms with Gasteiger partial charge in [-0.2, -0.15) is 0 Å². The molecule has 4 heteroatoms. The fraction of sp³-hybridized carbons (Fsp3) is 0.471. The first-order chi connectivity index (χ1) is 10.3. The van der Waals surface area contributed by atoms with Crippen molar-refractivity contribution in [3.8, 4) is 0 Å². The number of fused-ring (bicyclic) bond motifs is 1. The van der Waals surface area contributed by atoms with Crippen molar-refractivity contribution in [1.29, 1.82) is 0 Å². The van der Waals surface area contributed by atoms with Gasteiger partial charge in [0.05, 0.1) is 5.52 Å². The summed E-state index contributed by atoms with van der Waals surface area (Å²) in [7, 11) is 2.15. The summed E-state index contributed by atoms with van der Waals surface area (Å²) in [4.78, 5) is 9.71. The number of pyridine rings is 1. The van der Waals surface area contributed by atoms with Gasteiger partial charge in [0.15, 0.2) is 0 Å². The second-order valence-electron chi connectivity index (χ2n) is 5.77. The fourth-order valence-corrected chi connectivity index (χ4v) is 3.39. The lowest BCUT2D eigenvalue weighted by molar-refractivity contribution is 0.346. The molecule has 3 rings (SSSR count). The minimum absolute atomic E-state index is 0.841. The van der Waals surface area contributed by atoms with Crippen molar-refractivity contribution in [2.24, 2.45) is 0 Å². The highest BCUT2D eigenvalue weighted by atomic mass is 79.9. The molecule has 0 saturated carbocycles. The van der Waals surface area contributed by atoms with Gasteiger partial charge >= 0.3 is 0 Å². The first-order valence-electron chi connectivity index (χ1n) is 7.66. The second-order valence-corrected chi connectivity index (χ2v) is 6.33. The summed E-state index contributed by atoms with van der Waals surface area (Å²) < 4.78 is 0. The molecule has 0 atom stereocenters. The number of anilines is 1. The van der Waals surface area contributed by atoms with Crippen LogP contribution in [0, 0.1) is 0 Å². The third kappa shape index (κ3) is 3.38. The number of nitrogens with zero attached hydrogens (tertiary/aromatic N) is 3. The van der Waals surface area contributed by atoms with Crippen molar-refractivity contribution in [2.75, 3.05) is 38.1 Å². The first-order valence-corrected chi connectivity index (χ1v) is 8.78. The molecule has 0 radical (unpaired) electrons. The quantitative estimate of drug-likeness (QED) is 0.769. The van der Waals surface area contributed by atoms with Gasteiger partial charge in [-0.3, -0.25) is 0 Å². The normalized spacial score (nSPS) is 15.7. The molecule has 21 heavy (non-hydrogen) atoms. The molecule has 0 amide bonds. The van der Waals surface area contributed by atoms with Gasteiger partial charge in [-0.05, 0) is 38.1 Å². The maximum absolute atomic E-state index is 4.87. The SMILES string of the molecule is CN(CCN1CCCC1)c1nc2ccccc2cc1CBr. The third-order valence-electron chi connectivity index (χ3n) is 4.24. The van der Waals surface area contributed by atoms with E-state index in [1.54, 1.807) is 0 Å². The molecule has 0 bridgehead atoms. The molecule has 1 aromatic carbocycles. The predicted molar refractivity (Wildman–Crippen MR) is 93.3 cm³/mol. The Morgan fingerprint density at radius 2 is 2.00 bits per heavy atom. The summed E-state index contributed by atoms with van der Waals surface area (Å²) in [5.41, 5.74) is 2.34. The van der Waals surface area contributed by atoms with Crippen LogP contribution in [0.3, 0.4) is 0 Å². The van der Waals surface area contributed by atoms with E-state index in [-0.39, 0.29) is 0 Å². The molecule has 1 aromatic heterocycles. The molecule has 0 spiro atoms. The average molecular weight is 348 g/mol. The molecule has 3 nitrogen and oxygen atoms in total. The Labute approximate surface area is 135 Å². The predicted octanol–water partition coefficient (Wildman–Crippen LogP) is 3.66. The minimum atomic E-state index is 0.841. The van der Waals surface area contributed by atoms with Crippen LogP contribution in [0.4, 0.5) is 5.82 Å². The number of likely N-dealkylation sites (tertiary alicyclic amines) is 1. The highest BCUT2D eigenvalue weighted by Gasteiger charge is 2.14. The maximum atomic E-state index is 4.87. The van der Waals surface area contributed by atoms with Gasteiger partial charge < -0.3 is 9.80 Å². The van der Waals surface area contributed by atoms with Gasteiger partial charge in [0, 0.05) is 36.4 Å². The Bertz CT molecular complexity index is 608. The Kier molecular flexibility index (Phi) is 4.76. The molecule has 112 valence electrons. The zero-order valence-electron chi connectivity index (χ0n) is 12.6.